The number of amidine groups is 1. The van der Waals surface area contributed by atoms with Gasteiger partial charge in [0, 0.05) is 17.3 Å². The molecule has 1 amide bonds. The fourth-order valence-electron chi connectivity index (χ4n) is 2.10. The first-order chi connectivity index (χ1) is 11.2. The Morgan fingerprint density at radius 1 is 1.30 bits per heavy atom. The highest BCUT2D eigenvalue weighted by Gasteiger charge is 2.24. The Balaban J connectivity index is 1.78. The van der Waals surface area contributed by atoms with Gasteiger partial charge in [-0.3, -0.25) is 4.79 Å². The van der Waals surface area contributed by atoms with E-state index in [4.69, 9.17) is 4.74 Å². The zero-order chi connectivity index (χ0) is 16.2. The van der Waals surface area contributed by atoms with Gasteiger partial charge in [0.2, 0.25) is 0 Å². The summed E-state index contributed by atoms with van der Waals surface area (Å²) >= 11 is 1.23. The number of hydrogen-bond acceptors (Lipinski definition) is 6. The van der Waals surface area contributed by atoms with Crippen LogP contribution in [0, 0.1) is 0 Å². The number of hydrogen-bond donors (Lipinski definition) is 1. The highest BCUT2D eigenvalue weighted by Crippen LogP contribution is 2.32. The van der Waals surface area contributed by atoms with Crippen LogP contribution in [0.5, 0.6) is 5.75 Å². The maximum absolute atomic E-state index is 12.3. The third kappa shape index (κ3) is 3.24. The zero-order valence-electron chi connectivity index (χ0n) is 12.2. The Labute approximate surface area is 137 Å². The van der Waals surface area contributed by atoms with Crippen molar-refractivity contribution in [3.63, 3.8) is 0 Å². The number of nitrogens with one attached hydrogen (secondary N) is 1. The van der Waals surface area contributed by atoms with Gasteiger partial charge in [0.15, 0.2) is 5.17 Å². The molecule has 1 aliphatic heterocycles. The normalized spacial score (nSPS) is 16.0. The van der Waals surface area contributed by atoms with Crippen LogP contribution in [0.15, 0.2) is 52.6 Å². The first-order valence-electron chi connectivity index (χ1n) is 6.82. The number of fused-ring (bicyclic) bond motifs is 1. The van der Waals surface area contributed by atoms with Crippen molar-refractivity contribution in [2.24, 2.45) is 4.99 Å². The van der Waals surface area contributed by atoms with E-state index in [0.717, 1.165) is 11.8 Å². The maximum Gasteiger partial charge on any atom is 0.257 e. The van der Waals surface area contributed by atoms with E-state index < -0.39 is 6.04 Å². The van der Waals surface area contributed by atoms with Crippen LogP contribution in [0.1, 0.15) is 22.0 Å². The molecule has 0 saturated heterocycles. The van der Waals surface area contributed by atoms with Gasteiger partial charge in [-0.15, -0.1) is 0 Å². The minimum atomic E-state index is -0.647. The third-order valence-electron chi connectivity index (χ3n) is 3.27. The number of amides is 1. The van der Waals surface area contributed by atoms with E-state index in [1.54, 1.807) is 49.7 Å². The van der Waals surface area contributed by atoms with Crippen LogP contribution in [0.4, 0.5) is 0 Å². The summed E-state index contributed by atoms with van der Waals surface area (Å²) in [5.41, 5.74) is 1.22. The second-order valence-electron chi connectivity index (χ2n) is 4.70. The minimum Gasteiger partial charge on any atom is -0.497 e. The lowest BCUT2D eigenvalue weighted by atomic mass is 10.1. The van der Waals surface area contributed by atoms with E-state index in [1.165, 1.54) is 11.8 Å². The molecule has 0 spiro atoms. The molecule has 1 N–H and O–H groups in total. The number of nitrogens with zero attached hydrogens (tertiary/aromatic N) is 2. The van der Waals surface area contributed by atoms with Crippen molar-refractivity contribution < 1.29 is 14.3 Å². The molecule has 1 aromatic heterocycles. The van der Waals surface area contributed by atoms with Crippen LogP contribution in [0.2, 0.25) is 0 Å². The largest absolute Gasteiger partial charge is 0.497 e. The van der Waals surface area contributed by atoms with Crippen molar-refractivity contribution in [1.29, 1.82) is 0 Å². The maximum atomic E-state index is 12.3. The zero-order valence-corrected chi connectivity index (χ0v) is 13.0. The summed E-state index contributed by atoms with van der Waals surface area (Å²) in [5, 5.41) is 3.74. The Bertz CT molecular complexity index is 774. The van der Waals surface area contributed by atoms with Gasteiger partial charge in [-0.1, -0.05) is 6.07 Å². The highest BCUT2D eigenvalue weighted by molar-refractivity contribution is 8.13. The molecule has 0 saturated carbocycles. The lowest BCUT2D eigenvalue weighted by Gasteiger charge is -2.18. The predicted molar refractivity (Wildman–Crippen MR) is 86.8 cm³/mol. The fourth-order valence-corrected chi connectivity index (χ4v) is 3.01. The van der Waals surface area contributed by atoms with Gasteiger partial charge in [-0.05, 0) is 42.1 Å². The number of aliphatic imine (C=N–C) groups is 1. The molecule has 23 heavy (non-hydrogen) atoms. The van der Waals surface area contributed by atoms with Gasteiger partial charge in [-0.25, -0.2) is 9.98 Å². The van der Waals surface area contributed by atoms with Gasteiger partial charge in [0.05, 0.1) is 7.11 Å². The van der Waals surface area contributed by atoms with Crippen molar-refractivity contribution in [2.75, 3.05) is 7.11 Å². The predicted octanol–water partition coefficient (Wildman–Crippen LogP) is 2.22. The molecule has 7 heteroatoms. The number of thioether (sulfide) groups is 1. The molecular formula is C16H13N3O3S. The topological polar surface area (TPSA) is 80.6 Å². The van der Waals surface area contributed by atoms with E-state index in [2.05, 4.69) is 15.3 Å². The number of benzene rings is 1. The van der Waals surface area contributed by atoms with Crippen molar-refractivity contribution in [1.82, 2.24) is 10.3 Å². The second kappa shape index (κ2) is 6.62. The Morgan fingerprint density at radius 3 is 2.78 bits per heavy atom. The average Bonchev–Trinajstić information content (AvgIpc) is 2.61. The van der Waals surface area contributed by atoms with E-state index in [0.29, 0.717) is 21.5 Å². The molecule has 0 aliphatic carbocycles. The number of pyridine rings is 1. The quantitative estimate of drug-likeness (QED) is 0.874. The molecule has 1 aromatic carbocycles. The third-order valence-corrected chi connectivity index (χ3v) is 4.21. The Kier molecular flexibility index (Phi) is 4.38. The molecule has 2 heterocycles. The molecular weight excluding hydrogens is 314 g/mol. The van der Waals surface area contributed by atoms with Crippen LogP contribution < -0.4 is 10.1 Å². The Hall–Kier alpha value is -2.67. The molecule has 116 valence electrons. The first-order valence-corrected chi connectivity index (χ1v) is 7.64. The molecule has 1 atom stereocenters. The second-order valence-corrected chi connectivity index (χ2v) is 5.68. The molecule has 1 aliphatic rings. The van der Waals surface area contributed by atoms with Crippen LogP contribution in [0.25, 0.3) is 0 Å². The van der Waals surface area contributed by atoms with Gasteiger partial charge < -0.3 is 14.8 Å². The van der Waals surface area contributed by atoms with Crippen LogP contribution >= 0.6 is 11.8 Å². The van der Waals surface area contributed by atoms with E-state index in [1.807, 2.05) is 0 Å². The van der Waals surface area contributed by atoms with Crippen molar-refractivity contribution in [3.8, 4) is 5.75 Å². The summed E-state index contributed by atoms with van der Waals surface area (Å²) in [6, 6.07) is 9.64. The summed E-state index contributed by atoms with van der Waals surface area (Å²) in [4.78, 5) is 32.0. The number of carbonyl (C=O) groups excluding carboxylic acids is 2. The lowest BCUT2D eigenvalue weighted by molar-refractivity contribution is -0.109. The smallest absolute Gasteiger partial charge is 0.257 e. The highest BCUT2D eigenvalue weighted by atomic mass is 32.2. The molecule has 6 nitrogen and oxygen atoms in total. The Morgan fingerprint density at radius 2 is 2.09 bits per heavy atom. The molecule has 2 aromatic rings. The number of aromatic nitrogens is 1. The van der Waals surface area contributed by atoms with Crippen molar-refractivity contribution in [3.05, 3.63) is 53.7 Å². The lowest BCUT2D eigenvalue weighted by Crippen LogP contribution is -2.30. The molecule has 1 unspecified atom stereocenters. The summed E-state index contributed by atoms with van der Waals surface area (Å²) in [6.45, 7) is 0. The molecule has 0 radical (unpaired) electrons. The summed E-state index contributed by atoms with van der Waals surface area (Å²) in [6.07, 6.45) is 2.38. The van der Waals surface area contributed by atoms with E-state index in [9.17, 15) is 9.59 Å². The SMILES string of the molecule is COc1ccc(C(=O)NC2=NC(C=O)c3cccnc3S2)cc1. The van der Waals surface area contributed by atoms with Gasteiger partial charge in [0.1, 0.15) is 23.1 Å². The van der Waals surface area contributed by atoms with Gasteiger partial charge in [0.25, 0.3) is 5.91 Å². The molecule has 0 bridgehead atoms. The molecule has 0 fully saturated rings. The number of rotatable bonds is 3. The summed E-state index contributed by atoms with van der Waals surface area (Å²) in [5.74, 6) is 0.369. The van der Waals surface area contributed by atoms with Crippen molar-refractivity contribution >= 4 is 29.1 Å². The van der Waals surface area contributed by atoms with Crippen molar-refractivity contribution in [2.45, 2.75) is 11.1 Å². The summed E-state index contributed by atoms with van der Waals surface area (Å²) in [7, 11) is 1.56. The van der Waals surface area contributed by atoms with E-state index in [-0.39, 0.29) is 5.91 Å². The molecule has 3 rings (SSSR count). The van der Waals surface area contributed by atoms with Crippen LogP contribution in [-0.4, -0.2) is 29.5 Å². The number of ether oxygens (including phenoxy) is 1. The van der Waals surface area contributed by atoms with Gasteiger partial charge in [-0.2, -0.15) is 0 Å². The number of aldehydes is 1. The standard InChI is InChI=1S/C16H13N3O3S/c1-22-11-6-4-10(5-7-11)14(21)19-16-18-13(9-20)12-3-2-8-17-15(12)23-16/h2-9,13H,1H3,(H,18,19,21). The van der Waals surface area contributed by atoms with Gasteiger partial charge >= 0.3 is 0 Å². The monoisotopic (exact) mass is 327 g/mol. The van der Waals surface area contributed by atoms with Crippen LogP contribution in [-0.2, 0) is 4.79 Å². The van der Waals surface area contributed by atoms with Crippen LogP contribution in [0.3, 0.4) is 0 Å². The minimum absolute atomic E-state index is 0.303. The summed E-state index contributed by atoms with van der Waals surface area (Å²) < 4.78 is 5.06. The first kappa shape index (κ1) is 15.2. The van der Waals surface area contributed by atoms with E-state index >= 15 is 0 Å². The number of carbonyl (C=O) groups is 2. The fraction of sp³-hybridized carbons (Fsp3) is 0.125. The number of methoxy groups -OCH3 is 1. The average molecular weight is 327 g/mol.